The number of rotatable bonds is 1. The van der Waals surface area contributed by atoms with Crippen LogP contribution in [0.2, 0.25) is 0 Å². The zero-order valence-electron chi connectivity index (χ0n) is 12.0. The van der Waals surface area contributed by atoms with E-state index >= 15 is 0 Å². The number of benzene rings is 1. The van der Waals surface area contributed by atoms with E-state index in [0.29, 0.717) is 35.3 Å². The van der Waals surface area contributed by atoms with Crippen molar-refractivity contribution in [2.75, 3.05) is 0 Å². The molecule has 6 heteroatoms. The van der Waals surface area contributed by atoms with Crippen molar-refractivity contribution >= 4 is 0 Å². The van der Waals surface area contributed by atoms with Gasteiger partial charge in [-0.15, -0.1) is 0 Å². The first kappa shape index (κ1) is 11.1. The highest BCUT2D eigenvalue weighted by Crippen LogP contribution is 2.93. The highest BCUT2D eigenvalue weighted by atomic mass is 16.2. The Morgan fingerprint density at radius 3 is 2.30 bits per heavy atom. The highest BCUT2D eigenvalue weighted by Gasteiger charge is 2.96. The number of hydrogen-bond acceptors (Lipinski definition) is 3. The molecule has 2 bridgehead atoms. The van der Waals surface area contributed by atoms with Gasteiger partial charge in [0.2, 0.25) is 0 Å². The molecule has 4 saturated carbocycles. The Morgan fingerprint density at radius 1 is 0.957 bits per heavy atom. The molecule has 0 saturated heterocycles. The van der Waals surface area contributed by atoms with Crippen LogP contribution in [0.4, 0.5) is 0 Å². The summed E-state index contributed by atoms with van der Waals surface area (Å²) in [5, 5.41) is 9.92. The van der Waals surface area contributed by atoms with Gasteiger partial charge in [-0.05, 0) is 35.8 Å². The lowest BCUT2D eigenvalue weighted by Gasteiger charge is -2.93. The van der Waals surface area contributed by atoms with Gasteiger partial charge in [0.25, 0.3) is 0 Å². The fourth-order valence-corrected chi connectivity index (χ4v) is 7.10. The molecule has 0 N–H and O–H groups in total. The number of aromatic nitrogens is 3. The molecule has 112 valence electrons. The third kappa shape index (κ3) is 0.724. The molecular formula is C17H12N4O2. The minimum Gasteiger partial charge on any atom is -0.245 e. The van der Waals surface area contributed by atoms with Crippen molar-refractivity contribution in [3.05, 3.63) is 51.3 Å². The van der Waals surface area contributed by atoms with E-state index in [1.165, 1.54) is 9.25 Å². The molecule has 0 spiro atoms. The molecule has 4 fully saturated rings. The highest BCUT2D eigenvalue weighted by molar-refractivity contribution is 5.46. The van der Waals surface area contributed by atoms with Gasteiger partial charge >= 0.3 is 11.4 Å². The third-order valence-corrected chi connectivity index (χ3v) is 7.60. The number of para-hydroxylation sites is 1. The van der Waals surface area contributed by atoms with Crippen LogP contribution in [0.25, 0.3) is 5.69 Å². The molecule has 4 aliphatic carbocycles. The maximum absolute atomic E-state index is 13.0. The molecule has 0 amide bonds. The molecule has 0 radical (unpaired) electrons. The van der Waals surface area contributed by atoms with Crippen molar-refractivity contribution in [1.29, 1.82) is 5.26 Å². The van der Waals surface area contributed by atoms with Crippen LogP contribution in [-0.4, -0.2) is 13.9 Å². The maximum Gasteiger partial charge on any atom is 0.353 e. The summed E-state index contributed by atoms with van der Waals surface area (Å²) in [7, 11) is 0. The van der Waals surface area contributed by atoms with Gasteiger partial charge in [0.1, 0.15) is 0 Å². The van der Waals surface area contributed by atoms with E-state index in [9.17, 15) is 14.9 Å². The smallest absolute Gasteiger partial charge is 0.245 e. The fraction of sp³-hybridized carbons (Fsp3) is 0.471. The molecule has 6 aliphatic rings. The largest absolute Gasteiger partial charge is 0.353 e. The summed E-state index contributed by atoms with van der Waals surface area (Å²) in [5.74, 6) is 2.91. The molecule has 4 atom stereocenters. The molecule has 6 nitrogen and oxygen atoms in total. The van der Waals surface area contributed by atoms with E-state index < -0.39 is 5.54 Å². The second-order valence-electron chi connectivity index (χ2n) is 7.68. The minimum atomic E-state index is -0.750. The fourth-order valence-electron chi connectivity index (χ4n) is 7.10. The predicted molar refractivity (Wildman–Crippen MR) is 77.9 cm³/mol. The van der Waals surface area contributed by atoms with Crippen molar-refractivity contribution in [3.8, 4) is 11.8 Å². The quantitative estimate of drug-likeness (QED) is 0.762. The summed E-state index contributed by atoms with van der Waals surface area (Å²) in [6, 6.07) is 11.6. The van der Waals surface area contributed by atoms with E-state index in [1.807, 2.05) is 18.2 Å². The molecule has 2 aliphatic heterocycles. The molecule has 3 heterocycles. The van der Waals surface area contributed by atoms with Crippen molar-refractivity contribution in [2.45, 2.75) is 11.6 Å². The van der Waals surface area contributed by atoms with Crippen LogP contribution in [-0.2, 0) is 5.54 Å². The number of hydrogen-bond donors (Lipinski definition) is 0. The Morgan fingerprint density at radius 2 is 1.65 bits per heavy atom. The maximum atomic E-state index is 13.0. The van der Waals surface area contributed by atoms with Gasteiger partial charge in [-0.1, -0.05) is 18.2 Å². The molecule has 8 rings (SSSR count). The van der Waals surface area contributed by atoms with Crippen molar-refractivity contribution in [1.82, 2.24) is 13.9 Å². The molecule has 1 aromatic heterocycles. The lowest BCUT2D eigenvalue weighted by Crippen LogP contribution is -2.97. The van der Waals surface area contributed by atoms with Gasteiger partial charge in [0.05, 0.1) is 17.8 Å². The van der Waals surface area contributed by atoms with Crippen LogP contribution in [0.5, 0.6) is 0 Å². The summed E-state index contributed by atoms with van der Waals surface area (Å²) >= 11 is 0. The van der Waals surface area contributed by atoms with Crippen molar-refractivity contribution in [2.24, 2.45) is 35.5 Å². The summed E-state index contributed by atoms with van der Waals surface area (Å²) < 4.78 is 4.40. The topological polar surface area (TPSA) is 72.7 Å². The van der Waals surface area contributed by atoms with Gasteiger partial charge in [0, 0.05) is 11.8 Å². The standard InChI is InChI=1S/C17H12N4O2/c18-6-17-12-9-8-10(12)14(11(8)13(9)17)20-15(22)19(16(23)21(17)20)7-4-2-1-3-5-7/h1-5,8-14H/t8?,9?,10-,11-,12+,13+,14?,17?/m0/s1. The molecule has 2 aromatic rings. The molecule has 23 heavy (non-hydrogen) atoms. The van der Waals surface area contributed by atoms with Crippen LogP contribution in [0.3, 0.4) is 0 Å². The second kappa shape index (κ2) is 2.82. The van der Waals surface area contributed by atoms with Crippen LogP contribution >= 0.6 is 0 Å². The average molecular weight is 304 g/mol. The molecular weight excluding hydrogens is 292 g/mol. The van der Waals surface area contributed by atoms with Crippen LogP contribution < -0.4 is 11.4 Å². The first-order chi connectivity index (χ1) is 11.2. The van der Waals surface area contributed by atoms with Crippen molar-refractivity contribution < 1.29 is 0 Å². The zero-order chi connectivity index (χ0) is 15.2. The van der Waals surface area contributed by atoms with E-state index in [0.717, 1.165) is 5.92 Å². The average Bonchev–Trinajstić information content (AvgIpc) is 2.80. The Balaban J connectivity index is 1.61. The van der Waals surface area contributed by atoms with E-state index in [4.69, 9.17) is 0 Å². The van der Waals surface area contributed by atoms with E-state index in [-0.39, 0.29) is 17.4 Å². The number of nitriles is 1. The van der Waals surface area contributed by atoms with Gasteiger partial charge in [0.15, 0.2) is 5.54 Å². The Bertz CT molecular complexity index is 1060. The monoisotopic (exact) mass is 304 g/mol. The van der Waals surface area contributed by atoms with Gasteiger partial charge in [-0.2, -0.15) is 5.26 Å². The number of nitrogens with zero attached hydrogens (tertiary/aromatic N) is 4. The molecule has 0 unspecified atom stereocenters. The van der Waals surface area contributed by atoms with Crippen LogP contribution in [0, 0.1) is 46.8 Å². The SMILES string of the molecule is N#CC12[C@@H]3C4C5[C@@H]3C([C@@H]5[C@@H]41)n1c(=O)n(-c3ccccc3)c(=O)n12. The summed E-state index contributed by atoms with van der Waals surface area (Å²) in [6.07, 6.45) is 0. The second-order valence-corrected chi connectivity index (χ2v) is 7.68. The summed E-state index contributed by atoms with van der Waals surface area (Å²) in [4.78, 5) is 26.0. The lowest BCUT2D eigenvalue weighted by molar-refractivity contribution is -0.473. The van der Waals surface area contributed by atoms with E-state index in [1.54, 1.807) is 16.8 Å². The predicted octanol–water partition coefficient (Wildman–Crippen LogP) is 0.326. The first-order valence-corrected chi connectivity index (χ1v) is 8.17. The third-order valence-electron chi connectivity index (χ3n) is 7.60. The lowest BCUT2D eigenvalue weighted by atomic mass is 9.13. The van der Waals surface area contributed by atoms with E-state index in [2.05, 4.69) is 6.07 Å². The van der Waals surface area contributed by atoms with Crippen LogP contribution in [0.15, 0.2) is 39.9 Å². The van der Waals surface area contributed by atoms with Gasteiger partial charge in [-0.3, -0.25) is 0 Å². The zero-order valence-corrected chi connectivity index (χ0v) is 12.0. The van der Waals surface area contributed by atoms with Gasteiger partial charge < -0.3 is 0 Å². The van der Waals surface area contributed by atoms with Crippen LogP contribution in [0.1, 0.15) is 6.04 Å². The van der Waals surface area contributed by atoms with Crippen molar-refractivity contribution in [3.63, 3.8) is 0 Å². The Kier molecular flexibility index (Phi) is 1.36. The summed E-state index contributed by atoms with van der Waals surface area (Å²) in [6.45, 7) is 0. The Labute approximate surface area is 130 Å². The minimum absolute atomic E-state index is 0.153. The first-order valence-electron chi connectivity index (χ1n) is 8.17. The Hall–Kier alpha value is -2.55. The van der Waals surface area contributed by atoms with Gasteiger partial charge in [-0.25, -0.2) is 23.5 Å². The summed E-state index contributed by atoms with van der Waals surface area (Å²) in [5.41, 5.74) is -0.797. The molecule has 1 aromatic carbocycles. The normalized spacial score (nSPS) is 48.0.